The summed E-state index contributed by atoms with van der Waals surface area (Å²) in [5, 5.41) is 8.01. The van der Waals surface area contributed by atoms with Gasteiger partial charge in [-0.05, 0) is 51.0 Å². The molecule has 1 saturated heterocycles. The number of carbonyl (C=O) groups is 1. The van der Waals surface area contributed by atoms with Gasteiger partial charge in [-0.1, -0.05) is 11.3 Å². The van der Waals surface area contributed by atoms with Crippen molar-refractivity contribution in [3.05, 3.63) is 40.4 Å². The molecule has 0 radical (unpaired) electrons. The number of amides is 1. The van der Waals surface area contributed by atoms with Gasteiger partial charge in [0.2, 0.25) is 5.91 Å². The van der Waals surface area contributed by atoms with E-state index >= 15 is 0 Å². The number of nitrogens with zero attached hydrogens (tertiary/aromatic N) is 4. The minimum absolute atomic E-state index is 0.0421. The molecule has 7 nitrogen and oxygen atoms in total. The van der Waals surface area contributed by atoms with E-state index < -0.39 is 5.56 Å². The van der Waals surface area contributed by atoms with Crippen molar-refractivity contribution in [2.24, 2.45) is 0 Å². The molecule has 1 N–H and O–H groups in total. The molecule has 0 atom stereocenters. The highest BCUT2D eigenvalue weighted by atomic mass is 32.1. The van der Waals surface area contributed by atoms with E-state index in [1.807, 2.05) is 13.8 Å². The first-order chi connectivity index (χ1) is 13.9. The highest BCUT2D eigenvalue weighted by molar-refractivity contribution is 7.22. The van der Waals surface area contributed by atoms with Gasteiger partial charge in [0.25, 0.3) is 5.56 Å². The Morgan fingerprint density at radius 1 is 1.24 bits per heavy atom. The van der Waals surface area contributed by atoms with E-state index in [0.717, 1.165) is 35.7 Å². The second-order valence-electron chi connectivity index (χ2n) is 7.41. The maximum Gasteiger partial charge on any atom is 0.294 e. The van der Waals surface area contributed by atoms with E-state index in [0.29, 0.717) is 21.5 Å². The fraction of sp³-hybridized carbons (Fsp3) is 0.400. The molecule has 9 heteroatoms. The third-order valence-corrected chi connectivity index (χ3v) is 5.85. The molecule has 152 valence electrons. The van der Waals surface area contributed by atoms with Crippen LogP contribution in [0.3, 0.4) is 0 Å². The molecule has 3 aromatic rings. The lowest BCUT2D eigenvalue weighted by atomic mass is 10.1. The van der Waals surface area contributed by atoms with Crippen LogP contribution in [0.5, 0.6) is 0 Å². The van der Waals surface area contributed by atoms with Crippen LogP contribution in [0.1, 0.15) is 26.7 Å². The summed E-state index contributed by atoms with van der Waals surface area (Å²) in [6.45, 7) is 5.32. The minimum atomic E-state index is -0.397. The minimum Gasteiger partial charge on any atom is -0.352 e. The van der Waals surface area contributed by atoms with Crippen LogP contribution in [0.15, 0.2) is 29.1 Å². The topological polar surface area (TPSA) is 80.1 Å². The Kier molecular flexibility index (Phi) is 5.31. The lowest BCUT2D eigenvalue weighted by Gasteiger charge is -2.11. The Bertz CT molecular complexity index is 1100. The maximum atomic E-state index is 13.4. The molecule has 1 aliphatic rings. The average molecular weight is 415 g/mol. The Morgan fingerprint density at radius 3 is 2.59 bits per heavy atom. The monoisotopic (exact) mass is 415 g/mol. The number of nitrogens with one attached hydrogen (secondary N) is 1. The SMILES string of the molecule is CC(C)NC(=O)Cn1nc(-c2ccc(F)cc2)c2sc(N3CCCC3)nc2c1=O. The molecule has 0 unspecified atom stereocenters. The summed E-state index contributed by atoms with van der Waals surface area (Å²) in [5.74, 6) is -0.648. The van der Waals surface area contributed by atoms with Crippen molar-refractivity contribution < 1.29 is 9.18 Å². The standard InChI is InChI=1S/C20H22FN5O2S/c1-12(2)22-15(27)11-26-19(28)17-18(29-20(23-17)25-9-3-4-10-25)16(24-26)13-5-7-14(21)8-6-13/h5-8,12H,3-4,9-11H2,1-2H3,(H,22,27). The summed E-state index contributed by atoms with van der Waals surface area (Å²) in [5.41, 5.74) is 1.10. The molecular formula is C20H22FN5O2S. The smallest absolute Gasteiger partial charge is 0.294 e. The Labute approximate surface area is 171 Å². The molecule has 0 bridgehead atoms. The van der Waals surface area contributed by atoms with Gasteiger partial charge in [0.15, 0.2) is 10.6 Å². The summed E-state index contributed by atoms with van der Waals surface area (Å²) >= 11 is 1.42. The summed E-state index contributed by atoms with van der Waals surface area (Å²) in [6, 6.07) is 5.91. The molecule has 0 saturated carbocycles. The summed E-state index contributed by atoms with van der Waals surface area (Å²) in [6.07, 6.45) is 2.19. The fourth-order valence-corrected chi connectivity index (χ4v) is 4.52. The maximum absolute atomic E-state index is 13.4. The van der Waals surface area contributed by atoms with Crippen molar-refractivity contribution in [2.45, 2.75) is 39.3 Å². The molecule has 29 heavy (non-hydrogen) atoms. The average Bonchev–Trinajstić information content (AvgIpc) is 3.34. The van der Waals surface area contributed by atoms with Crippen molar-refractivity contribution in [3.63, 3.8) is 0 Å². The van der Waals surface area contributed by atoms with Gasteiger partial charge in [0.05, 0.1) is 4.70 Å². The highest BCUT2D eigenvalue weighted by Gasteiger charge is 2.22. The predicted octanol–water partition coefficient (Wildman–Crippen LogP) is 2.78. The van der Waals surface area contributed by atoms with Crippen LogP contribution in [-0.2, 0) is 11.3 Å². The lowest BCUT2D eigenvalue weighted by molar-refractivity contribution is -0.122. The predicted molar refractivity (Wildman–Crippen MR) is 112 cm³/mol. The molecule has 1 amide bonds. The van der Waals surface area contributed by atoms with E-state index in [9.17, 15) is 14.0 Å². The Morgan fingerprint density at radius 2 is 1.93 bits per heavy atom. The summed E-state index contributed by atoms with van der Waals surface area (Å²) < 4.78 is 15.2. The third kappa shape index (κ3) is 4.00. The summed E-state index contributed by atoms with van der Waals surface area (Å²) in [7, 11) is 0. The van der Waals surface area contributed by atoms with Gasteiger partial charge in [-0.2, -0.15) is 5.10 Å². The van der Waals surface area contributed by atoms with Crippen molar-refractivity contribution in [1.29, 1.82) is 0 Å². The number of anilines is 1. The van der Waals surface area contributed by atoms with Crippen LogP contribution in [0.4, 0.5) is 9.52 Å². The zero-order valence-corrected chi connectivity index (χ0v) is 17.1. The normalized spacial score (nSPS) is 14.1. The van der Waals surface area contributed by atoms with Crippen molar-refractivity contribution in [2.75, 3.05) is 18.0 Å². The van der Waals surface area contributed by atoms with E-state index in [1.54, 1.807) is 12.1 Å². The van der Waals surface area contributed by atoms with Crippen LogP contribution < -0.4 is 15.8 Å². The molecule has 1 aliphatic heterocycles. The molecule has 2 aromatic heterocycles. The second kappa shape index (κ2) is 7.90. The van der Waals surface area contributed by atoms with Crippen molar-refractivity contribution >= 4 is 32.6 Å². The van der Waals surface area contributed by atoms with Crippen LogP contribution in [0, 0.1) is 5.82 Å². The number of carbonyl (C=O) groups excluding carboxylic acids is 1. The van der Waals surface area contributed by atoms with Gasteiger partial charge in [-0.25, -0.2) is 14.1 Å². The molecule has 1 aromatic carbocycles. The number of aromatic nitrogens is 3. The van der Waals surface area contributed by atoms with Gasteiger partial charge < -0.3 is 10.2 Å². The highest BCUT2D eigenvalue weighted by Crippen LogP contribution is 2.34. The Balaban J connectivity index is 1.85. The third-order valence-electron chi connectivity index (χ3n) is 4.73. The van der Waals surface area contributed by atoms with Crippen molar-refractivity contribution in [3.8, 4) is 11.3 Å². The molecule has 0 aliphatic carbocycles. The largest absolute Gasteiger partial charge is 0.352 e. The quantitative estimate of drug-likeness (QED) is 0.693. The second-order valence-corrected chi connectivity index (χ2v) is 8.39. The first-order valence-corrected chi connectivity index (χ1v) is 10.5. The van der Waals surface area contributed by atoms with Gasteiger partial charge in [0, 0.05) is 24.7 Å². The van der Waals surface area contributed by atoms with E-state index in [4.69, 9.17) is 0 Å². The molecular weight excluding hydrogens is 393 g/mol. The van der Waals surface area contributed by atoms with Gasteiger partial charge >= 0.3 is 0 Å². The van der Waals surface area contributed by atoms with E-state index in [-0.39, 0.29) is 24.3 Å². The van der Waals surface area contributed by atoms with Crippen LogP contribution in [0.25, 0.3) is 21.5 Å². The number of thiazole rings is 1. The molecule has 1 fully saturated rings. The number of hydrogen-bond donors (Lipinski definition) is 1. The first kappa shape index (κ1) is 19.5. The number of hydrogen-bond acceptors (Lipinski definition) is 6. The van der Waals surface area contributed by atoms with Crippen LogP contribution in [-0.4, -0.2) is 39.8 Å². The summed E-state index contributed by atoms with van der Waals surface area (Å²) in [4.78, 5) is 32.0. The number of benzene rings is 1. The van der Waals surface area contributed by atoms with Crippen LogP contribution >= 0.6 is 11.3 Å². The number of fused-ring (bicyclic) bond motifs is 1. The molecule has 4 rings (SSSR count). The van der Waals surface area contributed by atoms with E-state index in [2.05, 4.69) is 20.3 Å². The zero-order chi connectivity index (χ0) is 20.5. The lowest BCUT2D eigenvalue weighted by Crippen LogP contribution is -2.37. The van der Waals surface area contributed by atoms with Gasteiger partial charge in [-0.3, -0.25) is 9.59 Å². The van der Waals surface area contributed by atoms with Gasteiger partial charge in [-0.15, -0.1) is 0 Å². The first-order valence-electron chi connectivity index (χ1n) is 9.64. The number of rotatable bonds is 5. The van der Waals surface area contributed by atoms with Crippen LogP contribution in [0.2, 0.25) is 0 Å². The van der Waals surface area contributed by atoms with Gasteiger partial charge in [0.1, 0.15) is 18.1 Å². The zero-order valence-electron chi connectivity index (χ0n) is 16.3. The number of halogens is 1. The Hall–Kier alpha value is -2.81. The molecule has 3 heterocycles. The fourth-order valence-electron chi connectivity index (χ4n) is 3.40. The van der Waals surface area contributed by atoms with E-state index in [1.165, 1.54) is 23.5 Å². The molecule has 0 spiro atoms. The van der Waals surface area contributed by atoms with Crippen molar-refractivity contribution in [1.82, 2.24) is 20.1 Å².